The fraction of sp³-hybridized carbons (Fsp3) is 0.415. The van der Waals surface area contributed by atoms with Crippen molar-refractivity contribution in [3.05, 3.63) is 78.5 Å². The van der Waals surface area contributed by atoms with Gasteiger partial charge in [0.25, 0.3) is 0 Å². The van der Waals surface area contributed by atoms with Gasteiger partial charge in [-0.15, -0.1) is 12.3 Å². The number of hydrazone groups is 1. The van der Waals surface area contributed by atoms with E-state index in [9.17, 15) is 4.79 Å². The lowest BCUT2D eigenvalue weighted by atomic mass is 10.1. The van der Waals surface area contributed by atoms with E-state index in [1.165, 1.54) is 0 Å². The highest BCUT2D eigenvalue weighted by Crippen LogP contribution is 2.37. The first-order chi connectivity index (χ1) is 25.7. The van der Waals surface area contributed by atoms with Crippen molar-refractivity contribution in [1.29, 1.82) is 0 Å². The summed E-state index contributed by atoms with van der Waals surface area (Å²) in [5, 5.41) is 10.7. The van der Waals surface area contributed by atoms with Gasteiger partial charge in [0.2, 0.25) is 5.91 Å². The molecule has 284 valence electrons. The predicted molar refractivity (Wildman–Crippen MR) is 224 cm³/mol. The quantitative estimate of drug-likeness (QED) is 0.122. The van der Waals surface area contributed by atoms with Crippen LogP contribution in [0.15, 0.2) is 78.0 Å². The fourth-order valence-corrected chi connectivity index (χ4v) is 6.14. The number of methoxy groups -OCH3 is 1. The lowest BCUT2D eigenvalue weighted by Gasteiger charge is -2.27. The molecule has 3 heterocycles. The number of benzene rings is 2. The second-order valence-corrected chi connectivity index (χ2v) is 13.3. The number of carbonyl (C=O) groups excluding carboxylic acids is 1. The first-order valence-electron chi connectivity index (χ1n) is 18.0. The van der Waals surface area contributed by atoms with Crippen LogP contribution >= 0.6 is 11.8 Å². The smallest absolute Gasteiger partial charge is 0.246 e. The average molecular weight is 741 g/mol. The highest BCUT2D eigenvalue weighted by Gasteiger charge is 2.27. The number of rotatable bonds is 11. The van der Waals surface area contributed by atoms with Crippen LogP contribution in [0, 0.1) is 19.3 Å². The van der Waals surface area contributed by atoms with E-state index in [2.05, 4.69) is 43.5 Å². The van der Waals surface area contributed by atoms with Gasteiger partial charge in [0.1, 0.15) is 29.4 Å². The Balaban J connectivity index is 0.00000118. The molecule has 5 rings (SSSR count). The fourth-order valence-electron chi connectivity index (χ4n) is 5.48. The maximum atomic E-state index is 13.1. The van der Waals surface area contributed by atoms with E-state index in [-0.39, 0.29) is 11.2 Å². The van der Waals surface area contributed by atoms with E-state index >= 15 is 0 Å². The van der Waals surface area contributed by atoms with Gasteiger partial charge in [0, 0.05) is 80.0 Å². The molecular weight excluding hydrogens is 685 g/mol. The normalized spacial score (nSPS) is 15.7. The lowest BCUT2D eigenvalue weighted by Crippen LogP contribution is -2.35. The number of hydrogen-bond acceptors (Lipinski definition) is 11. The Kier molecular flexibility index (Phi) is 17.7. The molecule has 11 nitrogen and oxygen atoms in total. The minimum atomic E-state index is 0.0464. The van der Waals surface area contributed by atoms with E-state index in [4.69, 9.17) is 15.9 Å². The van der Waals surface area contributed by atoms with Crippen molar-refractivity contribution in [2.75, 3.05) is 76.9 Å². The van der Waals surface area contributed by atoms with Crippen LogP contribution in [-0.4, -0.2) is 109 Å². The summed E-state index contributed by atoms with van der Waals surface area (Å²) in [6.45, 7) is 14.0. The monoisotopic (exact) mass is 740 g/mol. The number of amides is 1. The number of anilines is 3. The molecule has 1 aromatic heterocycles. The Morgan fingerprint density at radius 1 is 1.17 bits per heavy atom. The van der Waals surface area contributed by atoms with Gasteiger partial charge in [-0.1, -0.05) is 26.8 Å². The number of thioether (sulfide) groups is 1. The van der Waals surface area contributed by atoms with Crippen molar-refractivity contribution in [2.45, 2.75) is 46.3 Å². The molecule has 0 radical (unpaired) electrons. The summed E-state index contributed by atoms with van der Waals surface area (Å²) in [7, 11) is 5.66. The van der Waals surface area contributed by atoms with E-state index in [0.29, 0.717) is 32.0 Å². The molecule has 2 aromatic carbocycles. The molecule has 1 unspecified atom stereocenters. The van der Waals surface area contributed by atoms with Crippen molar-refractivity contribution in [3.63, 3.8) is 0 Å². The molecule has 1 fully saturated rings. The molecule has 1 N–H and O–H groups in total. The largest absolute Gasteiger partial charge is 0.495 e. The number of likely N-dealkylation sites (N-methyl/N-ethyl adjacent to an activating group) is 1. The van der Waals surface area contributed by atoms with Crippen molar-refractivity contribution in [3.8, 4) is 23.8 Å². The number of hydrogen-bond donors (Lipinski definition) is 1. The summed E-state index contributed by atoms with van der Waals surface area (Å²) >= 11 is 1.77. The third-order valence-electron chi connectivity index (χ3n) is 8.16. The molecule has 0 saturated carbocycles. The Labute approximate surface area is 320 Å². The molecule has 2 aliphatic heterocycles. The van der Waals surface area contributed by atoms with Crippen molar-refractivity contribution in [2.24, 2.45) is 5.10 Å². The zero-order chi connectivity index (χ0) is 38.8. The molecule has 2 aliphatic rings. The molecular formula is C41H56N8O3S. The second-order valence-electron chi connectivity index (χ2n) is 12.2. The molecule has 1 atom stereocenters. The minimum absolute atomic E-state index is 0.0464. The molecule has 0 aliphatic carbocycles. The first kappa shape index (κ1) is 42.4. The van der Waals surface area contributed by atoms with Crippen LogP contribution < -0.4 is 19.7 Å². The first-order valence-corrected chi connectivity index (χ1v) is 19.3. The van der Waals surface area contributed by atoms with Crippen LogP contribution in [-0.2, 0) is 4.79 Å². The summed E-state index contributed by atoms with van der Waals surface area (Å²) < 4.78 is 12.0. The molecule has 0 spiro atoms. The highest BCUT2D eigenvalue weighted by molar-refractivity contribution is 7.99. The second kappa shape index (κ2) is 22.2. The van der Waals surface area contributed by atoms with Gasteiger partial charge in [-0.25, -0.2) is 9.97 Å². The van der Waals surface area contributed by atoms with Crippen LogP contribution in [0.2, 0.25) is 0 Å². The number of ether oxygens (including phenoxy) is 2. The van der Waals surface area contributed by atoms with E-state index in [1.807, 2.05) is 112 Å². The molecule has 1 amide bonds. The van der Waals surface area contributed by atoms with Gasteiger partial charge >= 0.3 is 0 Å². The maximum absolute atomic E-state index is 13.1. The summed E-state index contributed by atoms with van der Waals surface area (Å²) in [6.07, 6.45) is 20.5. The zero-order valence-electron chi connectivity index (χ0n) is 32.8. The summed E-state index contributed by atoms with van der Waals surface area (Å²) in [5.74, 6) is 5.47. The van der Waals surface area contributed by atoms with Gasteiger partial charge in [0.05, 0.1) is 24.9 Å². The van der Waals surface area contributed by atoms with Crippen molar-refractivity contribution >= 4 is 52.0 Å². The summed E-state index contributed by atoms with van der Waals surface area (Å²) in [4.78, 5) is 28.5. The standard InChI is InChI=1S/C35H44N8O3S.C4H6.C2H6/c1-7-38-43-15-12-27(13-16-43)46-32-11-10-26(19-25(32)2)39-35-29-20-31(33(45-5)21-30(29)36-24-37-35)41-17-18-42(23-28(22-41)47-6)34(44)9-8-14-40(3)4;1-3-4-2;1-2/h7-13,15,19-21,24,28H,14,16-18,22-23H2,1-6H3,(H,36,37,39);1H,4H2,2H3;1-2H3/b9-8+,38-7-;;. The highest BCUT2D eigenvalue weighted by atomic mass is 32.2. The van der Waals surface area contributed by atoms with Crippen LogP contribution in [0.25, 0.3) is 10.9 Å². The SMILES string of the molecule is C#CCC.C/C=N\N1C=CC(Oc2ccc(Nc3ncnc4cc(OC)c(N5CCN(C(=O)/C=C/CN(C)C)CC(SC)C5)cc34)cc2C)=CC1.CC. The van der Waals surface area contributed by atoms with E-state index in [0.717, 1.165) is 64.6 Å². The average Bonchev–Trinajstić information content (AvgIpc) is 3.40. The lowest BCUT2D eigenvalue weighted by molar-refractivity contribution is -0.125. The third kappa shape index (κ3) is 12.6. The zero-order valence-corrected chi connectivity index (χ0v) is 33.6. The Bertz CT molecular complexity index is 1800. The van der Waals surface area contributed by atoms with Gasteiger partial charge in [-0.2, -0.15) is 16.9 Å². The number of allylic oxidation sites excluding steroid dienone is 1. The molecule has 3 aromatic rings. The van der Waals surface area contributed by atoms with Crippen molar-refractivity contribution < 1.29 is 14.3 Å². The summed E-state index contributed by atoms with van der Waals surface area (Å²) in [5.41, 5.74) is 3.60. The van der Waals surface area contributed by atoms with Crippen LogP contribution in [0.4, 0.5) is 17.2 Å². The number of terminal acetylenes is 1. The van der Waals surface area contributed by atoms with Gasteiger partial charge in [-0.05, 0) is 76.2 Å². The third-order valence-corrected chi connectivity index (χ3v) is 9.13. The van der Waals surface area contributed by atoms with Gasteiger partial charge in [0.15, 0.2) is 0 Å². The number of fused-ring (bicyclic) bond motifs is 1. The molecule has 0 bridgehead atoms. The molecule has 12 heteroatoms. The summed E-state index contributed by atoms with van der Waals surface area (Å²) in [6, 6.07) is 10.1. The van der Waals surface area contributed by atoms with E-state index in [1.54, 1.807) is 37.5 Å². The minimum Gasteiger partial charge on any atom is -0.495 e. The van der Waals surface area contributed by atoms with Crippen LogP contribution in [0.1, 0.15) is 39.7 Å². The van der Waals surface area contributed by atoms with Crippen LogP contribution in [0.3, 0.4) is 0 Å². The number of aromatic nitrogens is 2. The van der Waals surface area contributed by atoms with E-state index < -0.39 is 0 Å². The molecule has 53 heavy (non-hydrogen) atoms. The van der Waals surface area contributed by atoms with Gasteiger partial charge < -0.3 is 29.5 Å². The topological polar surface area (TPSA) is 98.7 Å². The molecule has 1 saturated heterocycles. The Morgan fingerprint density at radius 3 is 2.57 bits per heavy atom. The number of carbonyl (C=O) groups is 1. The Morgan fingerprint density at radius 2 is 1.94 bits per heavy atom. The maximum Gasteiger partial charge on any atom is 0.246 e. The Hall–Kier alpha value is -4.99. The predicted octanol–water partition coefficient (Wildman–Crippen LogP) is 7.34. The number of aryl methyl sites for hydroxylation is 1. The number of nitrogens with zero attached hydrogens (tertiary/aromatic N) is 7. The number of nitrogens with one attached hydrogen (secondary N) is 1. The van der Waals surface area contributed by atoms with Crippen molar-refractivity contribution in [1.82, 2.24) is 24.8 Å². The van der Waals surface area contributed by atoms with Gasteiger partial charge in [-0.3, -0.25) is 9.80 Å². The van der Waals surface area contributed by atoms with Crippen LogP contribution in [0.5, 0.6) is 11.5 Å².